The van der Waals surface area contributed by atoms with E-state index in [9.17, 15) is 18.0 Å². The van der Waals surface area contributed by atoms with Crippen LogP contribution >= 0.6 is 0 Å². The van der Waals surface area contributed by atoms with Gasteiger partial charge in [-0.1, -0.05) is 24.3 Å². The number of rotatable bonds is 5. The summed E-state index contributed by atoms with van der Waals surface area (Å²) in [6, 6.07) is 10.7. The Morgan fingerprint density at radius 2 is 1.59 bits per heavy atom. The highest BCUT2D eigenvalue weighted by molar-refractivity contribution is 7.89. The highest BCUT2D eigenvalue weighted by Crippen LogP contribution is 2.29. The SMILES string of the molecule is CC(=O)c1ccc(S(=O)(=O)N2CCCC2C(=O)c2ccc(C)c(C)c2)cc1. The van der Waals surface area contributed by atoms with Crippen LogP contribution in [0.4, 0.5) is 0 Å². The van der Waals surface area contributed by atoms with Crippen molar-refractivity contribution < 1.29 is 18.0 Å². The Labute approximate surface area is 160 Å². The van der Waals surface area contributed by atoms with Gasteiger partial charge in [-0.2, -0.15) is 4.31 Å². The zero-order valence-electron chi connectivity index (χ0n) is 15.7. The van der Waals surface area contributed by atoms with Crippen LogP contribution < -0.4 is 0 Å². The quantitative estimate of drug-likeness (QED) is 0.738. The van der Waals surface area contributed by atoms with E-state index in [2.05, 4.69) is 0 Å². The Hall–Kier alpha value is -2.31. The van der Waals surface area contributed by atoms with Gasteiger partial charge in [0.05, 0.1) is 10.9 Å². The van der Waals surface area contributed by atoms with Gasteiger partial charge < -0.3 is 0 Å². The van der Waals surface area contributed by atoms with Crippen LogP contribution in [-0.4, -0.2) is 36.9 Å². The third-order valence-electron chi connectivity index (χ3n) is 5.17. The molecule has 0 radical (unpaired) electrons. The number of benzene rings is 2. The Morgan fingerprint density at radius 1 is 0.963 bits per heavy atom. The van der Waals surface area contributed by atoms with Gasteiger partial charge in [-0.05, 0) is 62.9 Å². The van der Waals surface area contributed by atoms with Crippen LogP contribution in [0.2, 0.25) is 0 Å². The summed E-state index contributed by atoms with van der Waals surface area (Å²) in [5.41, 5.74) is 3.09. The van der Waals surface area contributed by atoms with E-state index in [1.54, 1.807) is 6.07 Å². The Morgan fingerprint density at radius 3 is 2.19 bits per heavy atom. The first-order valence-electron chi connectivity index (χ1n) is 8.96. The van der Waals surface area contributed by atoms with Crippen LogP contribution in [0.3, 0.4) is 0 Å². The van der Waals surface area contributed by atoms with E-state index in [0.29, 0.717) is 30.5 Å². The normalized spacial score (nSPS) is 17.8. The predicted octanol–water partition coefficient (Wildman–Crippen LogP) is 3.54. The number of aryl methyl sites for hydroxylation is 2. The van der Waals surface area contributed by atoms with Crippen molar-refractivity contribution in [3.63, 3.8) is 0 Å². The van der Waals surface area contributed by atoms with Crippen molar-refractivity contribution in [2.75, 3.05) is 6.54 Å². The molecule has 0 saturated carbocycles. The summed E-state index contributed by atoms with van der Waals surface area (Å²) in [7, 11) is -3.80. The molecule has 1 saturated heterocycles. The van der Waals surface area contributed by atoms with Crippen LogP contribution in [0, 0.1) is 13.8 Å². The molecular weight excluding hydrogens is 362 g/mol. The van der Waals surface area contributed by atoms with Crippen molar-refractivity contribution in [2.45, 2.75) is 44.6 Å². The maximum Gasteiger partial charge on any atom is 0.243 e. The summed E-state index contributed by atoms with van der Waals surface area (Å²) < 4.78 is 27.4. The lowest BCUT2D eigenvalue weighted by Crippen LogP contribution is -2.40. The van der Waals surface area contributed by atoms with Gasteiger partial charge in [0.2, 0.25) is 10.0 Å². The summed E-state index contributed by atoms with van der Waals surface area (Å²) >= 11 is 0. The summed E-state index contributed by atoms with van der Waals surface area (Å²) in [6.07, 6.45) is 1.16. The first-order chi connectivity index (χ1) is 12.7. The number of carbonyl (C=O) groups is 2. The number of nitrogens with zero attached hydrogens (tertiary/aromatic N) is 1. The van der Waals surface area contributed by atoms with Crippen LogP contribution in [0.5, 0.6) is 0 Å². The van der Waals surface area contributed by atoms with Crippen molar-refractivity contribution in [3.8, 4) is 0 Å². The largest absolute Gasteiger partial charge is 0.295 e. The molecule has 0 spiro atoms. The molecule has 1 fully saturated rings. The van der Waals surface area contributed by atoms with Crippen LogP contribution in [0.25, 0.3) is 0 Å². The topological polar surface area (TPSA) is 71.5 Å². The van der Waals surface area contributed by atoms with Crippen molar-refractivity contribution in [1.29, 1.82) is 0 Å². The number of hydrogen-bond donors (Lipinski definition) is 0. The van der Waals surface area contributed by atoms with Crippen molar-refractivity contribution in [2.24, 2.45) is 0 Å². The molecular formula is C21H23NO4S. The Kier molecular flexibility index (Phi) is 5.31. The third-order valence-corrected chi connectivity index (χ3v) is 7.09. The number of sulfonamides is 1. The lowest BCUT2D eigenvalue weighted by atomic mass is 9.99. The molecule has 1 aliphatic heterocycles. The fourth-order valence-electron chi connectivity index (χ4n) is 3.37. The van der Waals surface area contributed by atoms with Gasteiger partial charge in [-0.25, -0.2) is 8.42 Å². The van der Waals surface area contributed by atoms with E-state index in [1.807, 2.05) is 26.0 Å². The van der Waals surface area contributed by atoms with Gasteiger partial charge in [-0.15, -0.1) is 0 Å². The van der Waals surface area contributed by atoms with E-state index in [-0.39, 0.29) is 16.5 Å². The molecule has 0 bridgehead atoms. The molecule has 6 heteroatoms. The molecule has 1 unspecified atom stereocenters. The van der Waals surface area contributed by atoms with Gasteiger partial charge in [0, 0.05) is 17.7 Å². The molecule has 0 aliphatic carbocycles. The second-order valence-electron chi connectivity index (χ2n) is 7.02. The molecule has 142 valence electrons. The maximum absolute atomic E-state index is 13.1. The summed E-state index contributed by atoms with van der Waals surface area (Å²) in [6.45, 7) is 5.66. The second kappa shape index (κ2) is 7.37. The van der Waals surface area contributed by atoms with E-state index >= 15 is 0 Å². The standard InChI is InChI=1S/C21H23NO4S/c1-14-6-7-18(13-15(14)2)21(24)20-5-4-12-22(20)27(25,26)19-10-8-17(9-11-19)16(3)23/h6-11,13,20H,4-5,12H2,1-3H3. The maximum atomic E-state index is 13.1. The van der Waals surface area contributed by atoms with E-state index in [1.165, 1.54) is 35.5 Å². The lowest BCUT2D eigenvalue weighted by molar-refractivity contribution is 0.0917. The van der Waals surface area contributed by atoms with Crippen molar-refractivity contribution >= 4 is 21.6 Å². The van der Waals surface area contributed by atoms with Crippen molar-refractivity contribution in [1.82, 2.24) is 4.31 Å². The number of carbonyl (C=O) groups excluding carboxylic acids is 2. The van der Waals surface area contributed by atoms with Gasteiger partial charge in [0.25, 0.3) is 0 Å². The zero-order chi connectivity index (χ0) is 19.8. The minimum Gasteiger partial charge on any atom is -0.295 e. The summed E-state index contributed by atoms with van der Waals surface area (Å²) in [4.78, 5) is 24.5. The monoisotopic (exact) mass is 385 g/mol. The lowest BCUT2D eigenvalue weighted by Gasteiger charge is -2.23. The zero-order valence-corrected chi connectivity index (χ0v) is 16.5. The fourth-order valence-corrected chi connectivity index (χ4v) is 5.03. The van der Waals surface area contributed by atoms with Crippen LogP contribution in [0.1, 0.15) is 51.6 Å². The first kappa shape index (κ1) is 19.5. The molecule has 1 heterocycles. The second-order valence-corrected chi connectivity index (χ2v) is 8.91. The van der Waals surface area contributed by atoms with Crippen LogP contribution in [0.15, 0.2) is 47.4 Å². The molecule has 1 aliphatic rings. The average molecular weight is 385 g/mol. The number of ketones is 2. The first-order valence-corrected chi connectivity index (χ1v) is 10.4. The summed E-state index contributed by atoms with van der Waals surface area (Å²) in [5, 5.41) is 0. The molecule has 0 aromatic heterocycles. The third kappa shape index (κ3) is 3.73. The highest BCUT2D eigenvalue weighted by Gasteiger charge is 2.39. The number of Topliss-reactive ketones (excluding diaryl/α,β-unsaturated/α-hetero) is 2. The molecule has 1 atom stereocenters. The molecule has 2 aromatic carbocycles. The van der Waals surface area contributed by atoms with Gasteiger partial charge in [0.1, 0.15) is 0 Å². The van der Waals surface area contributed by atoms with Gasteiger partial charge in [0.15, 0.2) is 11.6 Å². The van der Waals surface area contributed by atoms with E-state index < -0.39 is 16.1 Å². The predicted molar refractivity (Wildman–Crippen MR) is 104 cm³/mol. The smallest absolute Gasteiger partial charge is 0.243 e. The highest BCUT2D eigenvalue weighted by atomic mass is 32.2. The minimum atomic E-state index is -3.80. The molecule has 3 rings (SSSR count). The van der Waals surface area contributed by atoms with Crippen LogP contribution in [-0.2, 0) is 10.0 Å². The minimum absolute atomic E-state index is 0.104. The summed E-state index contributed by atoms with van der Waals surface area (Å²) in [5.74, 6) is -0.289. The fraction of sp³-hybridized carbons (Fsp3) is 0.333. The molecule has 5 nitrogen and oxygen atoms in total. The molecule has 2 aromatic rings. The van der Waals surface area contributed by atoms with E-state index in [4.69, 9.17) is 0 Å². The molecule has 0 amide bonds. The van der Waals surface area contributed by atoms with Crippen molar-refractivity contribution in [3.05, 3.63) is 64.7 Å². The average Bonchev–Trinajstić information content (AvgIpc) is 3.14. The Bertz CT molecular complexity index is 993. The van der Waals surface area contributed by atoms with Gasteiger partial charge in [-0.3, -0.25) is 9.59 Å². The van der Waals surface area contributed by atoms with E-state index in [0.717, 1.165) is 11.1 Å². The Balaban J connectivity index is 1.91. The molecule has 0 N–H and O–H groups in total. The molecule has 27 heavy (non-hydrogen) atoms. The number of hydrogen-bond acceptors (Lipinski definition) is 4. The van der Waals surface area contributed by atoms with Gasteiger partial charge >= 0.3 is 0 Å².